The van der Waals surface area contributed by atoms with Crippen LogP contribution in [0.3, 0.4) is 0 Å². The zero-order chi connectivity index (χ0) is 16.5. The standard InChI is InChI=1S/C15H12BrN7O/c16-12-6-4-11(5-7-12)14-17-20-23(19-14)10-9-22-15(24)21-8-2-1-3-13(21)18-22/h1-8H,9-10H2. The van der Waals surface area contributed by atoms with Crippen LogP contribution in [-0.4, -0.2) is 34.4 Å². The summed E-state index contributed by atoms with van der Waals surface area (Å²) < 4.78 is 3.89. The summed E-state index contributed by atoms with van der Waals surface area (Å²) in [6.45, 7) is 0.782. The second kappa shape index (κ2) is 6.00. The fourth-order valence-corrected chi connectivity index (χ4v) is 2.61. The van der Waals surface area contributed by atoms with Gasteiger partial charge in [-0.2, -0.15) is 4.80 Å². The Kier molecular flexibility index (Phi) is 3.69. The zero-order valence-electron chi connectivity index (χ0n) is 12.4. The van der Waals surface area contributed by atoms with Crippen molar-refractivity contribution >= 4 is 21.6 Å². The molecule has 1 aromatic carbocycles. The van der Waals surface area contributed by atoms with Crippen LogP contribution in [0.5, 0.6) is 0 Å². The van der Waals surface area contributed by atoms with Gasteiger partial charge in [-0.25, -0.2) is 9.48 Å². The minimum absolute atomic E-state index is 0.182. The smallest absolute Gasteiger partial charge is 0.250 e. The van der Waals surface area contributed by atoms with Crippen molar-refractivity contribution in [3.63, 3.8) is 0 Å². The van der Waals surface area contributed by atoms with Gasteiger partial charge in [0.25, 0.3) is 0 Å². The molecule has 9 heteroatoms. The van der Waals surface area contributed by atoms with Crippen molar-refractivity contribution in [3.8, 4) is 11.4 Å². The van der Waals surface area contributed by atoms with Crippen LogP contribution in [-0.2, 0) is 13.1 Å². The first-order chi connectivity index (χ1) is 11.7. The summed E-state index contributed by atoms with van der Waals surface area (Å²) in [6, 6.07) is 13.1. The SMILES string of the molecule is O=c1n(CCn2nnc(-c3ccc(Br)cc3)n2)nc2ccccn12. The number of hydrogen-bond acceptors (Lipinski definition) is 5. The van der Waals surface area contributed by atoms with Crippen LogP contribution in [0.1, 0.15) is 0 Å². The van der Waals surface area contributed by atoms with Crippen molar-refractivity contribution in [2.75, 3.05) is 0 Å². The van der Waals surface area contributed by atoms with Gasteiger partial charge in [0.15, 0.2) is 5.65 Å². The van der Waals surface area contributed by atoms with E-state index in [1.807, 2.05) is 30.3 Å². The summed E-state index contributed by atoms with van der Waals surface area (Å²) in [6.07, 6.45) is 1.69. The van der Waals surface area contributed by atoms with E-state index in [2.05, 4.69) is 36.4 Å². The summed E-state index contributed by atoms with van der Waals surface area (Å²) in [4.78, 5) is 13.7. The Morgan fingerprint density at radius 1 is 1.00 bits per heavy atom. The number of fused-ring (bicyclic) bond motifs is 1. The molecule has 4 aromatic rings. The van der Waals surface area contributed by atoms with E-state index >= 15 is 0 Å². The van der Waals surface area contributed by atoms with Gasteiger partial charge in [0.05, 0.1) is 13.1 Å². The van der Waals surface area contributed by atoms with E-state index < -0.39 is 0 Å². The largest absolute Gasteiger partial charge is 0.350 e. The Morgan fingerprint density at radius 3 is 2.62 bits per heavy atom. The highest BCUT2D eigenvalue weighted by Crippen LogP contribution is 2.17. The average molecular weight is 386 g/mol. The number of tetrazole rings is 1. The summed E-state index contributed by atoms with van der Waals surface area (Å²) in [7, 11) is 0. The molecule has 0 radical (unpaired) electrons. The van der Waals surface area contributed by atoms with Crippen molar-refractivity contribution in [2.24, 2.45) is 0 Å². The maximum absolute atomic E-state index is 12.2. The van der Waals surface area contributed by atoms with Crippen molar-refractivity contribution in [3.05, 3.63) is 63.6 Å². The van der Waals surface area contributed by atoms with Gasteiger partial charge in [-0.1, -0.05) is 22.0 Å². The number of rotatable bonds is 4. The lowest BCUT2D eigenvalue weighted by atomic mass is 10.2. The average Bonchev–Trinajstić information content (AvgIpc) is 3.19. The molecule has 24 heavy (non-hydrogen) atoms. The van der Waals surface area contributed by atoms with Crippen LogP contribution < -0.4 is 5.69 Å². The number of halogens is 1. The molecule has 0 spiro atoms. The molecule has 0 N–H and O–H groups in total. The highest BCUT2D eigenvalue weighted by atomic mass is 79.9. The molecule has 0 fully saturated rings. The van der Waals surface area contributed by atoms with Gasteiger partial charge in [0.2, 0.25) is 5.82 Å². The molecule has 0 unspecified atom stereocenters. The van der Waals surface area contributed by atoms with Crippen LogP contribution in [0.2, 0.25) is 0 Å². The quantitative estimate of drug-likeness (QED) is 0.532. The Bertz CT molecular complexity index is 1050. The number of benzene rings is 1. The van der Waals surface area contributed by atoms with Crippen molar-refractivity contribution < 1.29 is 0 Å². The van der Waals surface area contributed by atoms with E-state index in [1.54, 1.807) is 18.3 Å². The molecule has 0 aliphatic heterocycles. The topological polar surface area (TPSA) is 82.9 Å². The van der Waals surface area contributed by atoms with E-state index in [0.717, 1.165) is 10.0 Å². The van der Waals surface area contributed by atoms with Gasteiger partial charge in [0.1, 0.15) is 0 Å². The molecular weight excluding hydrogens is 374 g/mol. The Balaban J connectivity index is 1.53. The van der Waals surface area contributed by atoms with Crippen LogP contribution in [0.4, 0.5) is 0 Å². The van der Waals surface area contributed by atoms with Crippen LogP contribution >= 0.6 is 15.9 Å². The third-order valence-corrected chi connectivity index (χ3v) is 4.08. The summed E-state index contributed by atoms with van der Waals surface area (Å²) in [5.41, 5.74) is 1.32. The van der Waals surface area contributed by atoms with Gasteiger partial charge < -0.3 is 0 Å². The number of aryl methyl sites for hydroxylation is 2. The number of pyridine rings is 1. The normalized spacial score (nSPS) is 11.2. The first-order valence-corrected chi connectivity index (χ1v) is 8.08. The minimum atomic E-state index is -0.182. The molecule has 0 atom stereocenters. The van der Waals surface area contributed by atoms with E-state index in [4.69, 9.17) is 0 Å². The Hall–Kier alpha value is -2.81. The van der Waals surface area contributed by atoms with E-state index in [0.29, 0.717) is 24.6 Å². The third-order valence-electron chi connectivity index (χ3n) is 3.56. The molecule has 3 aromatic heterocycles. The third kappa shape index (κ3) is 2.73. The molecule has 0 saturated heterocycles. The number of aromatic nitrogens is 7. The number of nitrogens with zero attached hydrogens (tertiary/aromatic N) is 7. The van der Waals surface area contributed by atoms with E-state index in [1.165, 1.54) is 13.9 Å². The maximum atomic E-state index is 12.2. The fraction of sp³-hybridized carbons (Fsp3) is 0.133. The van der Waals surface area contributed by atoms with E-state index in [9.17, 15) is 4.79 Å². The molecule has 0 aliphatic rings. The predicted molar refractivity (Wildman–Crippen MR) is 90.4 cm³/mol. The van der Waals surface area contributed by atoms with Gasteiger partial charge in [0, 0.05) is 16.2 Å². The first kappa shape index (κ1) is 14.8. The van der Waals surface area contributed by atoms with Crippen molar-refractivity contribution in [1.29, 1.82) is 0 Å². The van der Waals surface area contributed by atoms with Gasteiger partial charge >= 0.3 is 5.69 Å². The lowest BCUT2D eigenvalue weighted by Crippen LogP contribution is -2.23. The van der Waals surface area contributed by atoms with Crippen LogP contribution in [0, 0.1) is 0 Å². The second-order valence-electron chi connectivity index (χ2n) is 5.15. The Labute approximate surface area is 144 Å². The molecule has 0 amide bonds. The lowest BCUT2D eigenvalue weighted by Gasteiger charge is -1.98. The molecule has 8 nitrogen and oxygen atoms in total. The highest BCUT2D eigenvalue weighted by molar-refractivity contribution is 9.10. The molecule has 0 aliphatic carbocycles. The molecular formula is C15H12BrN7O. The Morgan fingerprint density at radius 2 is 1.83 bits per heavy atom. The van der Waals surface area contributed by atoms with Crippen molar-refractivity contribution in [2.45, 2.75) is 13.1 Å². The van der Waals surface area contributed by atoms with Gasteiger partial charge in [-0.05, 0) is 41.6 Å². The van der Waals surface area contributed by atoms with Crippen molar-refractivity contribution in [1.82, 2.24) is 34.4 Å². The lowest BCUT2D eigenvalue weighted by molar-refractivity contribution is 0.443. The molecule has 0 bridgehead atoms. The fourth-order valence-electron chi connectivity index (χ4n) is 2.35. The summed E-state index contributed by atoms with van der Waals surface area (Å²) >= 11 is 3.39. The monoisotopic (exact) mass is 385 g/mol. The predicted octanol–water partition coefficient (Wildman–Crippen LogP) is 1.61. The minimum Gasteiger partial charge on any atom is -0.250 e. The second-order valence-corrected chi connectivity index (χ2v) is 6.07. The summed E-state index contributed by atoms with van der Waals surface area (Å²) in [5, 5.41) is 16.7. The van der Waals surface area contributed by atoms with Crippen LogP contribution in [0.15, 0.2) is 57.9 Å². The molecule has 3 heterocycles. The first-order valence-electron chi connectivity index (χ1n) is 7.29. The molecule has 0 saturated carbocycles. The zero-order valence-corrected chi connectivity index (χ0v) is 14.0. The van der Waals surface area contributed by atoms with E-state index in [-0.39, 0.29) is 5.69 Å². The van der Waals surface area contributed by atoms with Crippen LogP contribution in [0.25, 0.3) is 17.0 Å². The van der Waals surface area contributed by atoms with Gasteiger partial charge in [-0.15, -0.1) is 15.3 Å². The number of hydrogen-bond donors (Lipinski definition) is 0. The maximum Gasteiger partial charge on any atom is 0.350 e. The molecule has 120 valence electrons. The van der Waals surface area contributed by atoms with Gasteiger partial charge in [-0.3, -0.25) is 4.40 Å². The summed E-state index contributed by atoms with van der Waals surface area (Å²) in [5.74, 6) is 0.546. The molecule has 4 rings (SSSR count). The highest BCUT2D eigenvalue weighted by Gasteiger charge is 2.08.